The van der Waals surface area contributed by atoms with Crippen LogP contribution in [-0.4, -0.2) is 33.6 Å². The molecule has 0 amide bonds. The van der Waals surface area contributed by atoms with Gasteiger partial charge in [0.15, 0.2) is 0 Å². The Kier molecular flexibility index (Phi) is 2.33. The Labute approximate surface area is 83.9 Å². The topological polar surface area (TPSA) is 50.1 Å². The van der Waals surface area contributed by atoms with Crippen molar-refractivity contribution in [2.24, 2.45) is 7.05 Å². The van der Waals surface area contributed by atoms with Gasteiger partial charge in [-0.25, -0.2) is 0 Å². The van der Waals surface area contributed by atoms with E-state index in [0.717, 1.165) is 24.2 Å². The van der Waals surface area contributed by atoms with E-state index in [1.807, 2.05) is 24.9 Å². The van der Waals surface area contributed by atoms with E-state index in [0.29, 0.717) is 13.0 Å². The predicted octanol–water partition coefficient (Wildman–Crippen LogP) is -0.00458. The second-order valence-corrected chi connectivity index (χ2v) is 4.21. The number of aromatic nitrogens is 2. The average molecular weight is 195 g/mol. The Morgan fingerprint density at radius 1 is 1.71 bits per heavy atom. The molecule has 1 aromatic rings. The van der Waals surface area contributed by atoms with Gasteiger partial charge < -0.3 is 10.4 Å². The van der Waals surface area contributed by atoms with E-state index in [-0.39, 0.29) is 0 Å². The SMILES string of the molecule is Cc1c(CC2(O)CCNC2)cnn1C. The molecule has 0 aliphatic carbocycles. The Bertz CT molecular complexity index is 326. The molecule has 0 aromatic carbocycles. The van der Waals surface area contributed by atoms with Gasteiger partial charge in [-0.2, -0.15) is 5.10 Å². The molecule has 4 heteroatoms. The zero-order valence-electron chi connectivity index (χ0n) is 8.75. The van der Waals surface area contributed by atoms with Crippen molar-refractivity contribution in [1.82, 2.24) is 15.1 Å². The molecule has 2 heterocycles. The standard InChI is InChI=1S/C10H17N3O/c1-8-9(6-12-13(8)2)5-10(14)3-4-11-7-10/h6,11,14H,3-5,7H2,1-2H3. The lowest BCUT2D eigenvalue weighted by Crippen LogP contribution is -2.33. The monoisotopic (exact) mass is 195 g/mol. The Hall–Kier alpha value is -0.870. The minimum absolute atomic E-state index is 0.562. The molecule has 1 atom stereocenters. The van der Waals surface area contributed by atoms with Crippen molar-refractivity contribution in [3.8, 4) is 0 Å². The quantitative estimate of drug-likeness (QED) is 0.698. The number of rotatable bonds is 2. The van der Waals surface area contributed by atoms with Gasteiger partial charge in [-0.05, 0) is 25.5 Å². The number of aryl methyl sites for hydroxylation is 1. The molecule has 1 fully saturated rings. The van der Waals surface area contributed by atoms with E-state index in [1.165, 1.54) is 0 Å². The lowest BCUT2D eigenvalue weighted by Gasteiger charge is -2.20. The van der Waals surface area contributed by atoms with Crippen LogP contribution in [0.3, 0.4) is 0 Å². The van der Waals surface area contributed by atoms with Crippen LogP contribution < -0.4 is 5.32 Å². The molecule has 1 aliphatic rings. The highest BCUT2D eigenvalue weighted by atomic mass is 16.3. The smallest absolute Gasteiger partial charge is 0.0824 e. The Morgan fingerprint density at radius 3 is 3.00 bits per heavy atom. The molecular weight excluding hydrogens is 178 g/mol. The molecule has 0 saturated carbocycles. The van der Waals surface area contributed by atoms with Gasteiger partial charge in [-0.15, -0.1) is 0 Å². The number of β-amino-alcohol motifs (C(OH)–C–C–N with tert-alkyl or cyclic N) is 1. The fourth-order valence-electron chi connectivity index (χ4n) is 1.95. The maximum absolute atomic E-state index is 10.2. The molecule has 2 rings (SSSR count). The first kappa shape index (κ1) is 9.68. The highest BCUT2D eigenvalue weighted by Crippen LogP contribution is 2.21. The van der Waals surface area contributed by atoms with E-state index >= 15 is 0 Å². The van der Waals surface area contributed by atoms with E-state index < -0.39 is 5.60 Å². The first-order valence-corrected chi connectivity index (χ1v) is 5.01. The summed E-state index contributed by atoms with van der Waals surface area (Å²) in [5, 5.41) is 17.5. The first-order valence-electron chi connectivity index (χ1n) is 5.01. The molecule has 0 spiro atoms. The van der Waals surface area contributed by atoms with Crippen LogP contribution in [0.5, 0.6) is 0 Å². The van der Waals surface area contributed by atoms with Crippen LogP contribution in [0, 0.1) is 6.92 Å². The minimum atomic E-state index is -0.562. The van der Waals surface area contributed by atoms with Gasteiger partial charge in [0, 0.05) is 25.7 Å². The molecule has 1 aliphatic heterocycles. The van der Waals surface area contributed by atoms with E-state index in [1.54, 1.807) is 0 Å². The zero-order valence-corrected chi connectivity index (χ0v) is 8.75. The Morgan fingerprint density at radius 2 is 2.50 bits per heavy atom. The van der Waals surface area contributed by atoms with Crippen LogP contribution >= 0.6 is 0 Å². The van der Waals surface area contributed by atoms with Crippen LogP contribution in [0.2, 0.25) is 0 Å². The highest BCUT2D eigenvalue weighted by Gasteiger charge is 2.31. The molecule has 78 valence electrons. The van der Waals surface area contributed by atoms with Crippen molar-refractivity contribution in [2.75, 3.05) is 13.1 Å². The summed E-state index contributed by atoms with van der Waals surface area (Å²) in [7, 11) is 1.93. The van der Waals surface area contributed by atoms with Crippen molar-refractivity contribution in [3.63, 3.8) is 0 Å². The van der Waals surface area contributed by atoms with Gasteiger partial charge in [0.05, 0.1) is 11.8 Å². The third-order valence-corrected chi connectivity index (χ3v) is 3.08. The number of nitrogens with one attached hydrogen (secondary N) is 1. The van der Waals surface area contributed by atoms with Gasteiger partial charge in [-0.3, -0.25) is 4.68 Å². The molecule has 1 saturated heterocycles. The highest BCUT2D eigenvalue weighted by molar-refractivity contribution is 5.19. The molecule has 1 aromatic heterocycles. The largest absolute Gasteiger partial charge is 0.388 e. The second-order valence-electron chi connectivity index (χ2n) is 4.21. The van der Waals surface area contributed by atoms with Crippen LogP contribution in [-0.2, 0) is 13.5 Å². The third kappa shape index (κ3) is 1.67. The number of hydrogen-bond donors (Lipinski definition) is 2. The minimum Gasteiger partial charge on any atom is -0.388 e. The fraction of sp³-hybridized carbons (Fsp3) is 0.700. The summed E-state index contributed by atoms with van der Waals surface area (Å²) >= 11 is 0. The average Bonchev–Trinajstić information content (AvgIpc) is 2.68. The summed E-state index contributed by atoms with van der Waals surface area (Å²) in [6.45, 7) is 3.64. The van der Waals surface area contributed by atoms with Crippen LogP contribution in [0.1, 0.15) is 17.7 Å². The van der Waals surface area contributed by atoms with Crippen molar-refractivity contribution in [2.45, 2.75) is 25.4 Å². The molecule has 4 nitrogen and oxygen atoms in total. The maximum Gasteiger partial charge on any atom is 0.0824 e. The summed E-state index contributed by atoms with van der Waals surface area (Å²) in [6.07, 6.45) is 3.40. The van der Waals surface area contributed by atoms with Gasteiger partial charge in [0.25, 0.3) is 0 Å². The summed E-state index contributed by atoms with van der Waals surface area (Å²) in [4.78, 5) is 0. The maximum atomic E-state index is 10.2. The molecule has 2 N–H and O–H groups in total. The van der Waals surface area contributed by atoms with Crippen molar-refractivity contribution < 1.29 is 5.11 Å². The second kappa shape index (κ2) is 3.37. The van der Waals surface area contributed by atoms with Crippen molar-refractivity contribution >= 4 is 0 Å². The van der Waals surface area contributed by atoms with Gasteiger partial charge in [-0.1, -0.05) is 0 Å². The van der Waals surface area contributed by atoms with Crippen LogP contribution in [0.15, 0.2) is 6.20 Å². The van der Waals surface area contributed by atoms with Crippen molar-refractivity contribution in [1.29, 1.82) is 0 Å². The van der Waals surface area contributed by atoms with Crippen LogP contribution in [0.4, 0.5) is 0 Å². The van der Waals surface area contributed by atoms with E-state index in [9.17, 15) is 5.11 Å². The molecule has 1 unspecified atom stereocenters. The molecule has 14 heavy (non-hydrogen) atoms. The summed E-state index contributed by atoms with van der Waals surface area (Å²) in [5.74, 6) is 0. The normalized spacial score (nSPS) is 27.1. The number of aliphatic hydroxyl groups is 1. The Balaban J connectivity index is 2.14. The van der Waals surface area contributed by atoms with E-state index in [4.69, 9.17) is 0 Å². The number of nitrogens with zero attached hydrogens (tertiary/aromatic N) is 2. The summed E-state index contributed by atoms with van der Waals surface area (Å²) in [5.41, 5.74) is 1.73. The fourth-order valence-corrected chi connectivity index (χ4v) is 1.95. The summed E-state index contributed by atoms with van der Waals surface area (Å²) < 4.78 is 1.85. The molecular formula is C10H17N3O. The summed E-state index contributed by atoms with van der Waals surface area (Å²) in [6, 6.07) is 0. The zero-order chi connectivity index (χ0) is 10.2. The number of hydrogen-bond acceptors (Lipinski definition) is 3. The van der Waals surface area contributed by atoms with Gasteiger partial charge in [0.2, 0.25) is 0 Å². The molecule has 0 bridgehead atoms. The lowest BCUT2D eigenvalue weighted by atomic mass is 9.94. The van der Waals surface area contributed by atoms with Crippen LogP contribution in [0.25, 0.3) is 0 Å². The molecule has 0 radical (unpaired) electrons. The van der Waals surface area contributed by atoms with E-state index in [2.05, 4.69) is 10.4 Å². The first-order chi connectivity index (χ1) is 6.61. The predicted molar refractivity (Wildman–Crippen MR) is 54.1 cm³/mol. The van der Waals surface area contributed by atoms with Gasteiger partial charge in [0.1, 0.15) is 0 Å². The third-order valence-electron chi connectivity index (χ3n) is 3.08. The van der Waals surface area contributed by atoms with Crippen molar-refractivity contribution in [3.05, 3.63) is 17.5 Å². The van der Waals surface area contributed by atoms with Gasteiger partial charge >= 0.3 is 0 Å². The lowest BCUT2D eigenvalue weighted by molar-refractivity contribution is 0.0617.